The van der Waals surface area contributed by atoms with Crippen LogP contribution >= 0.6 is 69.6 Å². The number of carbonyl (C=O) groups is 2. The molecular formula is C56H52Cl6F4N14O10. The number of nitrogens with zero attached hydrogens (tertiary/aromatic N) is 14. The van der Waals surface area contributed by atoms with Crippen LogP contribution in [0.2, 0.25) is 30.1 Å². The SMILES string of the molecule is Cc1nc(C2OC(CO)C(O)C(n3cc(-c4cc(F)c(Cl)c(F)c4)nn3)C2OCC(=O)N(C)CCCCN(C)C(=O)COC23C(c4nc(C)nn4-c4cc(Cl)ccc4Cl)OC2(CO)C(O)C3n2cc(-c3cc(F)c(Cl)c(F)c3)nn2)n(-c2cc(Cl)ccc2Cl)n1. The van der Waals surface area contributed by atoms with Crippen LogP contribution in [0.3, 0.4) is 0 Å². The molecule has 90 heavy (non-hydrogen) atoms. The molecule has 6 heterocycles. The summed E-state index contributed by atoms with van der Waals surface area (Å²) in [5.74, 6) is -4.79. The van der Waals surface area contributed by atoms with E-state index in [1.807, 2.05) is 0 Å². The maximum absolute atomic E-state index is 14.7. The molecule has 2 saturated heterocycles. The summed E-state index contributed by atoms with van der Waals surface area (Å²) in [4.78, 5) is 40.3. The van der Waals surface area contributed by atoms with Crippen LogP contribution in [-0.4, -0.2) is 191 Å². The molecule has 476 valence electrons. The lowest BCUT2D eigenvalue weighted by Crippen LogP contribution is -2.91. The molecule has 10 unspecified atom stereocenters. The maximum Gasteiger partial charge on any atom is 0.248 e. The van der Waals surface area contributed by atoms with Crippen LogP contribution in [0, 0.1) is 37.1 Å². The molecule has 24 nitrogen and oxygen atoms in total. The summed E-state index contributed by atoms with van der Waals surface area (Å²) in [6.45, 7) is 0.565. The number of hydrogen-bond donors (Lipinski definition) is 4. The number of rotatable bonds is 21. The summed E-state index contributed by atoms with van der Waals surface area (Å²) >= 11 is 37.6. The minimum Gasteiger partial charge on any atom is -0.394 e. The average Bonchev–Trinajstić information content (AvgIpc) is 0.807. The Bertz CT molecular complexity index is 4010. The first-order valence-electron chi connectivity index (χ1n) is 27.5. The van der Waals surface area contributed by atoms with E-state index in [-0.39, 0.29) is 80.3 Å². The van der Waals surface area contributed by atoms with Gasteiger partial charge in [0.25, 0.3) is 0 Å². The molecule has 2 aliphatic heterocycles. The minimum atomic E-state index is -1.91. The minimum absolute atomic E-state index is 0.0365. The second-order valence-corrected chi connectivity index (χ2v) is 24.1. The molecule has 0 radical (unpaired) electrons. The highest BCUT2D eigenvalue weighted by Crippen LogP contribution is 2.70. The number of aromatic nitrogens is 12. The smallest absolute Gasteiger partial charge is 0.248 e. The number of hydrogen-bond acceptors (Lipinski definition) is 18. The number of likely N-dealkylation sites (N-methyl/N-ethyl adjacent to an activating group) is 2. The molecule has 10 atom stereocenters. The monoisotopic (exact) mass is 1370 g/mol. The zero-order valence-electron chi connectivity index (χ0n) is 47.5. The summed E-state index contributed by atoms with van der Waals surface area (Å²) in [7, 11) is 3.04. The summed E-state index contributed by atoms with van der Waals surface area (Å²) in [5, 5.41) is 70.7. The Morgan fingerprint density at radius 1 is 0.689 bits per heavy atom. The van der Waals surface area contributed by atoms with Crippen molar-refractivity contribution in [3.05, 3.63) is 150 Å². The highest BCUT2D eigenvalue weighted by molar-refractivity contribution is 6.35. The summed E-state index contributed by atoms with van der Waals surface area (Å²) in [5.41, 5.74) is -3.42. The van der Waals surface area contributed by atoms with E-state index in [9.17, 15) is 47.6 Å². The third-order valence-electron chi connectivity index (χ3n) is 16.0. The molecule has 2 amide bonds. The van der Waals surface area contributed by atoms with Crippen LogP contribution in [0.4, 0.5) is 17.6 Å². The Labute approximate surface area is 538 Å². The zero-order valence-corrected chi connectivity index (χ0v) is 52.0. The third-order valence-corrected chi connectivity index (χ3v) is 17.9. The molecule has 11 rings (SSSR count). The molecule has 4 aromatic carbocycles. The van der Waals surface area contributed by atoms with Gasteiger partial charge in [0, 0.05) is 48.4 Å². The molecule has 34 heteroatoms. The van der Waals surface area contributed by atoms with Gasteiger partial charge in [-0.05, 0) is 87.4 Å². The van der Waals surface area contributed by atoms with E-state index < -0.39 is 131 Å². The number of benzene rings is 4. The predicted octanol–water partition coefficient (Wildman–Crippen LogP) is 7.45. The van der Waals surface area contributed by atoms with Crippen LogP contribution in [0.1, 0.15) is 60.4 Å². The Morgan fingerprint density at radius 3 is 1.70 bits per heavy atom. The predicted molar refractivity (Wildman–Crippen MR) is 314 cm³/mol. The molecule has 8 aromatic rings. The number of halogens is 10. The van der Waals surface area contributed by atoms with Gasteiger partial charge in [-0.15, -0.1) is 10.2 Å². The standard InChI is InChI=1S/C56H52Cl6F4N14O10/c1-25-67-53(79(71-25)39-17-29(57)7-9-31(39)59)49-48(46(47(85)41(21-81)89-49)77-19-37(69-73-77)27-13-33(63)44(61)34(64)14-27)87-22-42(83)75(3)11-5-6-12-76(4)43(84)23-88-56-50(78-20-38(70-74-78)28-15-35(65)45(62)36(66)16-28)51(86)55(56,24-82)90-52(56)54-68-26(2)72-80(54)40-18-30(58)8-10-32(40)60/h7-10,13-20,41,46-52,81-82,85-86H,5-6,11-12,21-24H2,1-4H3. The summed E-state index contributed by atoms with van der Waals surface area (Å²) in [6, 6.07) is 10.4. The van der Waals surface area contributed by atoms with Gasteiger partial charge in [0.1, 0.15) is 112 Å². The Morgan fingerprint density at radius 2 is 1.18 bits per heavy atom. The zero-order chi connectivity index (χ0) is 64.4. The van der Waals surface area contributed by atoms with Gasteiger partial charge in [0.15, 0.2) is 29.0 Å². The third kappa shape index (κ3) is 11.7. The number of unbranched alkanes of at least 4 members (excludes halogenated alkanes) is 1. The normalized spacial score (nSPS) is 23.8. The molecule has 3 fully saturated rings. The summed E-state index contributed by atoms with van der Waals surface area (Å²) in [6.07, 6.45) is -5.37. The fourth-order valence-corrected chi connectivity index (χ4v) is 12.4. The van der Waals surface area contributed by atoms with Gasteiger partial charge in [-0.3, -0.25) is 9.59 Å². The van der Waals surface area contributed by atoms with E-state index in [0.717, 1.165) is 28.9 Å². The van der Waals surface area contributed by atoms with Crippen molar-refractivity contribution in [3.63, 3.8) is 0 Å². The molecular weight excluding hydrogens is 1320 g/mol. The van der Waals surface area contributed by atoms with Gasteiger partial charge in [-0.25, -0.2) is 46.3 Å². The van der Waals surface area contributed by atoms with Gasteiger partial charge < -0.3 is 49.2 Å². The van der Waals surface area contributed by atoms with Crippen LogP contribution in [-0.2, 0) is 28.5 Å². The van der Waals surface area contributed by atoms with Crippen molar-refractivity contribution < 1.29 is 66.5 Å². The van der Waals surface area contributed by atoms with Crippen LogP contribution < -0.4 is 0 Å². The molecule has 3 aliphatic rings. The topological polar surface area (TPSA) is 281 Å². The number of ether oxygens (including phenoxy) is 4. The molecule has 4 aromatic heterocycles. The van der Waals surface area contributed by atoms with Crippen LogP contribution in [0.5, 0.6) is 0 Å². The highest BCUT2D eigenvalue weighted by atomic mass is 35.5. The molecule has 4 N–H and O–H groups in total. The quantitative estimate of drug-likeness (QED) is 0.0309. The number of aliphatic hydroxyl groups excluding tert-OH is 4. The second-order valence-electron chi connectivity index (χ2n) is 21.6. The van der Waals surface area contributed by atoms with E-state index in [0.29, 0.717) is 22.9 Å². The molecule has 0 spiro atoms. The van der Waals surface area contributed by atoms with Gasteiger partial charge in [-0.2, -0.15) is 10.2 Å². The van der Waals surface area contributed by atoms with Crippen molar-refractivity contribution in [2.75, 3.05) is 53.6 Å². The first kappa shape index (κ1) is 65.0. The maximum atomic E-state index is 14.7. The number of fused-ring (bicyclic) bond motifs is 1. The Hall–Kier alpha value is -6.48. The van der Waals surface area contributed by atoms with Gasteiger partial charge >= 0.3 is 0 Å². The lowest BCUT2D eigenvalue weighted by molar-refractivity contribution is -0.480. The lowest BCUT2D eigenvalue weighted by Gasteiger charge is -2.73. The molecule has 1 aliphatic carbocycles. The molecule has 1 saturated carbocycles. The summed E-state index contributed by atoms with van der Waals surface area (Å²) < 4.78 is 89.5. The van der Waals surface area contributed by atoms with E-state index in [2.05, 4.69) is 40.8 Å². The largest absolute Gasteiger partial charge is 0.394 e. The van der Waals surface area contributed by atoms with Crippen molar-refractivity contribution in [2.45, 2.75) is 86.6 Å². The van der Waals surface area contributed by atoms with E-state index in [4.69, 9.17) is 88.6 Å². The van der Waals surface area contributed by atoms with Crippen LogP contribution in [0.25, 0.3) is 33.9 Å². The van der Waals surface area contributed by atoms with Crippen molar-refractivity contribution in [2.24, 2.45) is 0 Å². The number of carbonyl (C=O) groups excluding carboxylic acids is 2. The first-order chi connectivity index (χ1) is 42.9. The second kappa shape index (κ2) is 25.9. The Balaban J connectivity index is 0.799. The van der Waals surface area contributed by atoms with E-state index in [1.165, 1.54) is 68.5 Å². The lowest BCUT2D eigenvalue weighted by atomic mass is 9.51. The fraction of sp³-hybridized carbons (Fsp3) is 0.393. The van der Waals surface area contributed by atoms with Gasteiger partial charge in [-0.1, -0.05) is 80.0 Å². The van der Waals surface area contributed by atoms with Crippen molar-refractivity contribution in [1.29, 1.82) is 0 Å². The first-order valence-corrected chi connectivity index (χ1v) is 29.7. The van der Waals surface area contributed by atoms with Gasteiger partial charge in [0.2, 0.25) is 11.8 Å². The highest BCUT2D eigenvalue weighted by Gasteiger charge is 2.87. The van der Waals surface area contributed by atoms with Crippen molar-refractivity contribution in [1.82, 2.24) is 69.3 Å². The van der Waals surface area contributed by atoms with Crippen molar-refractivity contribution in [3.8, 4) is 33.9 Å². The average molecular weight is 1370 g/mol. The fourth-order valence-electron chi connectivity index (χ4n) is 11.5. The number of aryl methyl sites for hydroxylation is 2. The number of amides is 2. The van der Waals surface area contributed by atoms with E-state index >= 15 is 0 Å². The Kier molecular flexibility index (Phi) is 18.7. The van der Waals surface area contributed by atoms with Crippen molar-refractivity contribution >= 4 is 81.4 Å². The van der Waals surface area contributed by atoms with E-state index in [1.54, 1.807) is 32.0 Å². The molecule has 0 bridgehead atoms. The van der Waals surface area contributed by atoms with Crippen LogP contribution in [0.15, 0.2) is 73.1 Å². The number of aliphatic hydroxyl groups is 4. The van der Waals surface area contributed by atoms with Gasteiger partial charge in [0.05, 0.1) is 47.0 Å².